The van der Waals surface area contributed by atoms with Crippen molar-refractivity contribution in [2.75, 3.05) is 13.7 Å². The van der Waals surface area contributed by atoms with Crippen LogP contribution in [-0.4, -0.2) is 19.6 Å². The van der Waals surface area contributed by atoms with E-state index in [1.165, 1.54) is 11.3 Å². The largest absolute Gasteiger partial charge is 0.496 e. The van der Waals surface area contributed by atoms with Crippen molar-refractivity contribution in [3.8, 4) is 5.75 Å². The Morgan fingerprint density at radius 3 is 2.71 bits per heavy atom. The number of aryl methyl sites for hydroxylation is 1. The fourth-order valence-corrected chi connectivity index (χ4v) is 3.46. The highest BCUT2D eigenvalue weighted by atomic mass is 35.5. The fraction of sp³-hybridized carbons (Fsp3) is 0.267. The molecule has 112 valence electrons. The van der Waals surface area contributed by atoms with Crippen LogP contribution in [0.3, 0.4) is 0 Å². The zero-order valence-corrected chi connectivity index (χ0v) is 14.0. The van der Waals surface area contributed by atoms with Crippen molar-refractivity contribution in [3.05, 3.63) is 49.6 Å². The van der Waals surface area contributed by atoms with Gasteiger partial charge in [0.2, 0.25) is 0 Å². The van der Waals surface area contributed by atoms with Gasteiger partial charge in [0.05, 0.1) is 17.0 Å². The number of benzene rings is 1. The Hall–Kier alpha value is -1.23. The topological polar surface area (TPSA) is 38.3 Å². The Labute approximate surface area is 137 Å². The molecule has 0 aliphatic carbocycles. The molecule has 1 N–H and O–H groups in total. The Balaban J connectivity index is 1.97. The number of ether oxygens (including phenoxy) is 1. The van der Waals surface area contributed by atoms with E-state index in [4.69, 9.17) is 27.9 Å². The van der Waals surface area contributed by atoms with Gasteiger partial charge >= 0.3 is 0 Å². The average molecular weight is 344 g/mol. The first-order valence-corrected chi connectivity index (χ1v) is 7.95. The molecule has 1 aromatic carbocycles. The molecule has 0 fully saturated rings. The summed E-state index contributed by atoms with van der Waals surface area (Å²) < 4.78 is 6.23. The summed E-state index contributed by atoms with van der Waals surface area (Å²) in [5.41, 5.74) is 2.64. The molecule has 1 amide bonds. The molecule has 0 radical (unpaired) electrons. The number of hydrogen-bond donors (Lipinski definition) is 1. The van der Waals surface area contributed by atoms with Crippen LogP contribution in [-0.2, 0) is 6.42 Å². The highest BCUT2D eigenvalue weighted by molar-refractivity contribution is 7.20. The van der Waals surface area contributed by atoms with Crippen LogP contribution in [0.25, 0.3) is 0 Å². The van der Waals surface area contributed by atoms with E-state index in [2.05, 4.69) is 11.4 Å². The van der Waals surface area contributed by atoms with Gasteiger partial charge in [-0.15, -0.1) is 11.3 Å². The first-order chi connectivity index (χ1) is 10.0. The molecule has 0 saturated carbocycles. The van der Waals surface area contributed by atoms with Gasteiger partial charge in [-0.3, -0.25) is 4.79 Å². The van der Waals surface area contributed by atoms with Crippen LogP contribution in [0.1, 0.15) is 21.5 Å². The molecule has 0 unspecified atom stereocenters. The van der Waals surface area contributed by atoms with Crippen LogP contribution in [0.15, 0.2) is 24.3 Å². The number of carbonyl (C=O) groups is 1. The standard InChI is InChI=1S/C15H15Cl2NO2S/c1-9-3-4-12(20-2)10(7-9)5-6-18-15(19)11-8-13(16)21-14(11)17/h3-4,7-8H,5-6H2,1-2H3,(H,18,19). The van der Waals surface area contributed by atoms with Crippen LogP contribution < -0.4 is 10.1 Å². The van der Waals surface area contributed by atoms with Gasteiger partial charge in [-0.2, -0.15) is 0 Å². The average Bonchev–Trinajstić information content (AvgIpc) is 2.78. The predicted octanol–water partition coefficient (Wildman–Crippen LogP) is 4.34. The molecule has 3 nitrogen and oxygen atoms in total. The molecule has 2 rings (SSSR count). The lowest BCUT2D eigenvalue weighted by atomic mass is 10.1. The minimum atomic E-state index is -0.213. The maximum Gasteiger partial charge on any atom is 0.253 e. The van der Waals surface area contributed by atoms with Gasteiger partial charge in [-0.25, -0.2) is 0 Å². The van der Waals surface area contributed by atoms with Crippen LogP contribution in [0, 0.1) is 6.92 Å². The number of thiophene rings is 1. The Bertz CT molecular complexity index is 655. The second-order valence-electron chi connectivity index (χ2n) is 4.56. The number of nitrogens with one attached hydrogen (secondary N) is 1. The first-order valence-electron chi connectivity index (χ1n) is 6.38. The summed E-state index contributed by atoms with van der Waals surface area (Å²) in [5, 5.41) is 2.84. The molecule has 2 aromatic rings. The number of methoxy groups -OCH3 is 1. The van der Waals surface area contributed by atoms with Crippen LogP contribution in [0.2, 0.25) is 8.67 Å². The van der Waals surface area contributed by atoms with Crippen molar-refractivity contribution in [2.24, 2.45) is 0 Å². The Morgan fingerprint density at radius 1 is 1.33 bits per heavy atom. The highest BCUT2D eigenvalue weighted by Crippen LogP contribution is 2.31. The number of rotatable bonds is 5. The molecule has 0 aliphatic rings. The summed E-state index contributed by atoms with van der Waals surface area (Å²) in [6, 6.07) is 7.56. The summed E-state index contributed by atoms with van der Waals surface area (Å²) in [5.74, 6) is 0.612. The van der Waals surface area contributed by atoms with Crippen molar-refractivity contribution in [3.63, 3.8) is 0 Å². The number of amides is 1. The van der Waals surface area contributed by atoms with Gasteiger partial charge in [0, 0.05) is 6.54 Å². The van der Waals surface area contributed by atoms with Crippen molar-refractivity contribution in [2.45, 2.75) is 13.3 Å². The van der Waals surface area contributed by atoms with E-state index in [-0.39, 0.29) is 5.91 Å². The van der Waals surface area contributed by atoms with Crippen molar-refractivity contribution < 1.29 is 9.53 Å². The van der Waals surface area contributed by atoms with Crippen LogP contribution >= 0.6 is 34.5 Å². The van der Waals surface area contributed by atoms with Crippen molar-refractivity contribution in [1.29, 1.82) is 0 Å². The van der Waals surface area contributed by atoms with Gasteiger partial charge < -0.3 is 10.1 Å². The number of halogens is 2. The van der Waals surface area contributed by atoms with Gasteiger partial charge in [0.1, 0.15) is 10.1 Å². The van der Waals surface area contributed by atoms with Gasteiger partial charge in [0.25, 0.3) is 5.91 Å². The van der Waals surface area contributed by atoms with Crippen LogP contribution in [0.4, 0.5) is 0 Å². The van der Waals surface area contributed by atoms with E-state index in [9.17, 15) is 4.79 Å². The van der Waals surface area contributed by atoms with Gasteiger partial charge in [-0.05, 0) is 31.0 Å². The minimum absolute atomic E-state index is 0.213. The normalized spacial score (nSPS) is 10.5. The smallest absolute Gasteiger partial charge is 0.253 e. The van der Waals surface area contributed by atoms with Gasteiger partial charge in [0.15, 0.2) is 0 Å². The fourth-order valence-electron chi connectivity index (χ4n) is 2.00. The van der Waals surface area contributed by atoms with E-state index in [0.29, 0.717) is 27.2 Å². The molecule has 0 saturated heterocycles. The zero-order chi connectivity index (χ0) is 15.4. The van der Waals surface area contributed by atoms with E-state index < -0.39 is 0 Å². The molecule has 0 atom stereocenters. The molecule has 6 heteroatoms. The zero-order valence-electron chi connectivity index (χ0n) is 11.7. The molecular weight excluding hydrogens is 329 g/mol. The number of carbonyl (C=O) groups excluding carboxylic acids is 1. The predicted molar refractivity (Wildman–Crippen MR) is 88.1 cm³/mol. The minimum Gasteiger partial charge on any atom is -0.496 e. The molecule has 1 aromatic heterocycles. The summed E-state index contributed by atoms with van der Waals surface area (Å²) in [6.07, 6.45) is 0.687. The third-order valence-corrected chi connectivity index (χ3v) is 4.50. The quantitative estimate of drug-likeness (QED) is 0.876. The van der Waals surface area contributed by atoms with E-state index >= 15 is 0 Å². The van der Waals surface area contributed by atoms with E-state index in [1.54, 1.807) is 13.2 Å². The lowest BCUT2D eigenvalue weighted by Gasteiger charge is -2.10. The summed E-state index contributed by atoms with van der Waals surface area (Å²) in [4.78, 5) is 12.0. The van der Waals surface area contributed by atoms with E-state index in [1.807, 2.05) is 19.1 Å². The first kappa shape index (κ1) is 16.1. The highest BCUT2D eigenvalue weighted by Gasteiger charge is 2.14. The molecule has 1 heterocycles. The maximum atomic E-state index is 12.0. The lowest BCUT2D eigenvalue weighted by Crippen LogP contribution is -2.25. The summed E-state index contributed by atoms with van der Waals surface area (Å²) in [6.45, 7) is 2.52. The third-order valence-electron chi connectivity index (χ3n) is 3.02. The Morgan fingerprint density at radius 2 is 2.10 bits per heavy atom. The molecule has 0 spiro atoms. The third kappa shape index (κ3) is 4.13. The second kappa shape index (κ2) is 7.16. The van der Waals surface area contributed by atoms with E-state index in [0.717, 1.165) is 16.9 Å². The SMILES string of the molecule is COc1ccc(C)cc1CCNC(=O)c1cc(Cl)sc1Cl. The monoisotopic (exact) mass is 343 g/mol. The summed E-state index contributed by atoms with van der Waals surface area (Å²) >= 11 is 13.0. The molecule has 21 heavy (non-hydrogen) atoms. The Kier molecular flexibility index (Phi) is 5.51. The second-order valence-corrected chi connectivity index (χ2v) is 6.84. The molecule has 0 bridgehead atoms. The van der Waals surface area contributed by atoms with Crippen LogP contribution in [0.5, 0.6) is 5.75 Å². The maximum absolute atomic E-state index is 12.0. The van der Waals surface area contributed by atoms with Gasteiger partial charge in [-0.1, -0.05) is 40.9 Å². The lowest BCUT2D eigenvalue weighted by molar-refractivity contribution is 0.0954. The summed E-state index contributed by atoms with van der Waals surface area (Å²) in [7, 11) is 1.64. The van der Waals surface area contributed by atoms with Crippen molar-refractivity contribution >= 4 is 40.4 Å². The molecular formula is C15H15Cl2NO2S. The number of hydrogen-bond acceptors (Lipinski definition) is 3. The van der Waals surface area contributed by atoms with Crippen molar-refractivity contribution in [1.82, 2.24) is 5.32 Å². The molecule has 0 aliphatic heterocycles.